The maximum Gasteiger partial charge on any atom is 0.325 e. The van der Waals surface area contributed by atoms with Gasteiger partial charge in [-0.2, -0.15) is 4.31 Å². The number of sulfonamides is 1. The van der Waals surface area contributed by atoms with Crippen LogP contribution in [-0.4, -0.2) is 37.1 Å². The van der Waals surface area contributed by atoms with Gasteiger partial charge in [-0.25, -0.2) is 8.42 Å². The summed E-state index contributed by atoms with van der Waals surface area (Å²) in [5.74, 6) is -0.738. The summed E-state index contributed by atoms with van der Waals surface area (Å²) in [5, 5.41) is -1.20. The molecule has 0 radical (unpaired) electrons. The number of rotatable bonds is 6. The molecule has 1 fully saturated rings. The maximum absolute atomic E-state index is 12.6. The Morgan fingerprint density at radius 1 is 1.38 bits per heavy atom. The van der Waals surface area contributed by atoms with E-state index in [1.54, 1.807) is 24.3 Å². The van der Waals surface area contributed by atoms with Gasteiger partial charge >= 0.3 is 5.97 Å². The molecule has 6 nitrogen and oxygen atoms in total. The standard InChI is InChI=1S/C14H20N2O4S/c1-10(14(17)20-2)21(18,19)16(13-7-8-13)9-11-3-5-12(15)6-4-11/h3-6,10,13H,7-9,15H2,1-2H3. The molecule has 1 aliphatic carbocycles. The first-order valence-electron chi connectivity index (χ1n) is 6.79. The second-order valence-electron chi connectivity index (χ2n) is 5.23. The SMILES string of the molecule is COC(=O)C(C)S(=O)(=O)N(Cc1ccc(N)cc1)C1CC1. The molecule has 21 heavy (non-hydrogen) atoms. The zero-order valence-electron chi connectivity index (χ0n) is 12.2. The zero-order chi connectivity index (χ0) is 15.6. The lowest BCUT2D eigenvalue weighted by atomic mass is 10.2. The van der Waals surface area contributed by atoms with E-state index in [1.165, 1.54) is 18.3 Å². The molecular formula is C14H20N2O4S. The minimum Gasteiger partial charge on any atom is -0.468 e. The van der Waals surface area contributed by atoms with E-state index in [0.29, 0.717) is 5.69 Å². The predicted molar refractivity (Wildman–Crippen MR) is 79.8 cm³/mol. The number of hydrogen-bond donors (Lipinski definition) is 1. The van der Waals surface area contributed by atoms with Gasteiger partial charge in [0.1, 0.15) is 0 Å². The Balaban J connectivity index is 2.22. The van der Waals surface area contributed by atoms with Crippen molar-refractivity contribution in [1.82, 2.24) is 4.31 Å². The highest BCUT2D eigenvalue weighted by molar-refractivity contribution is 7.90. The van der Waals surface area contributed by atoms with Gasteiger partial charge in [0.05, 0.1) is 7.11 Å². The van der Waals surface area contributed by atoms with E-state index in [4.69, 9.17) is 5.73 Å². The summed E-state index contributed by atoms with van der Waals surface area (Å²) in [4.78, 5) is 11.6. The smallest absolute Gasteiger partial charge is 0.325 e. The fourth-order valence-corrected chi connectivity index (χ4v) is 3.78. The first-order chi connectivity index (χ1) is 9.86. The molecule has 0 aliphatic heterocycles. The summed E-state index contributed by atoms with van der Waals surface area (Å²) in [6.45, 7) is 1.61. The third-order valence-corrected chi connectivity index (χ3v) is 5.75. The van der Waals surface area contributed by atoms with Gasteiger partial charge in [-0.05, 0) is 37.5 Å². The summed E-state index contributed by atoms with van der Waals surface area (Å²) < 4.78 is 31.1. The Bertz CT molecular complexity index is 608. The van der Waals surface area contributed by atoms with E-state index < -0.39 is 21.2 Å². The molecule has 0 amide bonds. The van der Waals surface area contributed by atoms with Crippen molar-refractivity contribution in [2.75, 3.05) is 12.8 Å². The molecule has 7 heteroatoms. The van der Waals surface area contributed by atoms with Crippen LogP contribution in [0.15, 0.2) is 24.3 Å². The van der Waals surface area contributed by atoms with Crippen LogP contribution in [0.1, 0.15) is 25.3 Å². The van der Waals surface area contributed by atoms with Crippen molar-refractivity contribution in [3.8, 4) is 0 Å². The quantitative estimate of drug-likeness (QED) is 0.628. The summed E-state index contributed by atoms with van der Waals surface area (Å²) in [5.41, 5.74) is 7.10. The number of nitrogens with zero attached hydrogens (tertiary/aromatic N) is 1. The van der Waals surface area contributed by atoms with Crippen LogP contribution in [-0.2, 0) is 26.1 Å². The molecule has 1 aromatic carbocycles. The van der Waals surface area contributed by atoms with Crippen molar-refractivity contribution in [2.45, 2.75) is 37.6 Å². The average molecular weight is 312 g/mol. The fraction of sp³-hybridized carbons (Fsp3) is 0.500. The number of nitrogen functional groups attached to an aromatic ring is 1. The van der Waals surface area contributed by atoms with Crippen LogP contribution in [0.3, 0.4) is 0 Å². The molecule has 0 bridgehead atoms. The fourth-order valence-electron chi connectivity index (χ4n) is 2.08. The molecule has 0 heterocycles. The van der Waals surface area contributed by atoms with Gasteiger partial charge in [-0.1, -0.05) is 12.1 Å². The number of benzene rings is 1. The van der Waals surface area contributed by atoms with Crippen LogP contribution >= 0.6 is 0 Å². The number of esters is 1. The second-order valence-corrected chi connectivity index (χ2v) is 7.43. The Morgan fingerprint density at radius 3 is 2.43 bits per heavy atom. The minimum absolute atomic E-state index is 0.0281. The van der Waals surface area contributed by atoms with Crippen molar-refractivity contribution in [3.63, 3.8) is 0 Å². The molecule has 1 saturated carbocycles. The topological polar surface area (TPSA) is 89.7 Å². The zero-order valence-corrected chi connectivity index (χ0v) is 13.0. The molecular weight excluding hydrogens is 292 g/mol. The van der Waals surface area contributed by atoms with Gasteiger partial charge in [0, 0.05) is 18.3 Å². The molecule has 2 N–H and O–H groups in total. The lowest BCUT2D eigenvalue weighted by Crippen LogP contribution is -2.42. The van der Waals surface area contributed by atoms with Gasteiger partial charge in [0.25, 0.3) is 0 Å². The number of hydrogen-bond acceptors (Lipinski definition) is 5. The monoisotopic (exact) mass is 312 g/mol. The summed E-state index contributed by atoms with van der Waals surface area (Å²) >= 11 is 0. The molecule has 1 unspecified atom stereocenters. The van der Waals surface area contributed by atoms with Crippen LogP contribution in [0.5, 0.6) is 0 Å². The van der Waals surface area contributed by atoms with E-state index in [0.717, 1.165) is 18.4 Å². The Kier molecular flexibility index (Phi) is 4.53. The third kappa shape index (κ3) is 3.54. The summed E-state index contributed by atoms with van der Waals surface area (Å²) in [7, 11) is -2.54. The molecule has 1 aliphatic rings. The van der Waals surface area contributed by atoms with E-state index in [1.807, 2.05) is 0 Å². The molecule has 0 aromatic heterocycles. The van der Waals surface area contributed by atoms with Crippen LogP contribution in [0.2, 0.25) is 0 Å². The highest BCUT2D eigenvalue weighted by atomic mass is 32.2. The van der Waals surface area contributed by atoms with E-state index >= 15 is 0 Å². The van der Waals surface area contributed by atoms with Crippen LogP contribution < -0.4 is 5.73 Å². The number of carbonyl (C=O) groups is 1. The van der Waals surface area contributed by atoms with Crippen molar-refractivity contribution < 1.29 is 17.9 Å². The number of ether oxygens (including phenoxy) is 1. The molecule has 0 saturated heterocycles. The van der Waals surface area contributed by atoms with Crippen LogP contribution in [0, 0.1) is 0 Å². The number of methoxy groups -OCH3 is 1. The molecule has 2 rings (SSSR count). The Hall–Kier alpha value is -1.60. The summed E-state index contributed by atoms with van der Waals surface area (Å²) in [6, 6.07) is 7.03. The van der Waals surface area contributed by atoms with Gasteiger partial charge in [-0.15, -0.1) is 0 Å². The van der Waals surface area contributed by atoms with E-state index in [9.17, 15) is 13.2 Å². The molecule has 1 aromatic rings. The molecule has 1 atom stereocenters. The lowest BCUT2D eigenvalue weighted by Gasteiger charge is -2.24. The van der Waals surface area contributed by atoms with E-state index in [2.05, 4.69) is 4.74 Å². The first-order valence-corrected chi connectivity index (χ1v) is 8.29. The van der Waals surface area contributed by atoms with Crippen molar-refractivity contribution >= 4 is 21.7 Å². The van der Waals surface area contributed by atoms with Crippen molar-refractivity contribution in [3.05, 3.63) is 29.8 Å². The lowest BCUT2D eigenvalue weighted by molar-refractivity contribution is -0.139. The first kappa shape index (κ1) is 15.8. The average Bonchev–Trinajstić information content (AvgIpc) is 3.29. The second kappa shape index (κ2) is 6.03. The van der Waals surface area contributed by atoms with E-state index in [-0.39, 0.29) is 12.6 Å². The highest BCUT2D eigenvalue weighted by Gasteiger charge is 2.42. The summed E-state index contributed by atoms with van der Waals surface area (Å²) in [6.07, 6.45) is 1.64. The number of carbonyl (C=O) groups excluding carboxylic acids is 1. The predicted octanol–water partition coefficient (Wildman–Crippen LogP) is 1.12. The van der Waals surface area contributed by atoms with Gasteiger partial charge < -0.3 is 10.5 Å². The largest absolute Gasteiger partial charge is 0.468 e. The maximum atomic E-state index is 12.6. The third-order valence-electron chi connectivity index (χ3n) is 3.58. The van der Waals surface area contributed by atoms with Crippen molar-refractivity contribution in [1.29, 1.82) is 0 Å². The number of anilines is 1. The number of nitrogens with two attached hydrogens (primary N) is 1. The van der Waals surface area contributed by atoms with Crippen LogP contribution in [0.25, 0.3) is 0 Å². The Labute approximate surface area is 124 Å². The normalized spacial score (nSPS) is 16.7. The van der Waals surface area contributed by atoms with Gasteiger partial charge in [0.2, 0.25) is 10.0 Å². The minimum atomic E-state index is -3.73. The van der Waals surface area contributed by atoms with Gasteiger partial charge in [0.15, 0.2) is 5.25 Å². The highest BCUT2D eigenvalue weighted by Crippen LogP contribution is 2.32. The molecule has 0 spiro atoms. The van der Waals surface area contributed by atoms with Crippen LogP contribution in [0.4, 0.5) is 5.69 Å². The molecule has 116 valence electrons. The van der Waals surface area contributed by atoms with Gasteiger partial charge in [-0.3, -0.25) is 4.79 Å². The van der Waals surface area contributed by atoms with Crippen molar-refractivity contribution in [2.24, 2.45) is 0 Å². The Morgan fingerprint density at radius 2 is 1.95 bits per heavy atom.